The van der Waals surface area contributed by atoms with Gasteiger partial charge in [-0.1, -0.05) is 12.1 Å². The number of rotatable bonds is 4. The van der Waals surface area contributed by atoms with E-state index >= 15 is 0 Å². The topological polar surface area (TPSA) is 61.3 Å². The fourth-order valence-corrected chi connectivity index (χ4v) is 1.06. The van der Waals surface area contributed by atoms with Gasteiger partial charge in [-0.15, -0.1) is 0 Å². The molecule has 1 unspecified atom stereocenters. The molecule has 4 N–H and O–H groups in total. The molecule has 0 saturated heterocycles. The Kier molecular flexibility index (Phi) is 3.73. The molecule has 0 amide bonds. The molecule has 1 aromatic rings. The first-order valence-electron chi connectivity index (χ1n) is 4.42. The van der Waals surface area contributed by atoms with Crippen molar-refractivity contribution < 1.29 is 4.74 Å². The molecule has 1 aromatic carbocycles. The van der Waals surface area contributed by atoms with Crippen LogP contribution in [0.5, 0.6) is 5.75 Å². The predicted octanol–water partition coefficient (Wildman–Crippen LogP) is 1.04. The van der Waals surface area contributed by atoms with E-state index in [1.165, 1.54) is 0 Å². The lowest BCUT2D eigenvalue weighted by molar-refractivity contribution is 0.328. The molecule has 0 spiro atoms. The number of ether oxygens (including phenoxy) is 1. The van der Waals surface area contributed by atoms with Crippen molar-refractivity contribution in [2.24, 2.45) is 11.5 Å². The minimum Gasteiger partial charge on any atom is -0.492 e. The molecule has 0 aliphatic rings. The van der Waals surface area contributed by atoms with Crippen LogP contribution in [0.15, 0.2) is 24.3 Å². The van der Waals surface area contributed by atoms with E-state index in [0.29, 0.717) is 13.2 Å². The zero-order chi connectivity index (χ0) is 9.68. The number of hydrogen-bond donors (Lipinski definition) is 2. The molecule has 0 radical (unpaired) electrons. The Labute approximate surface area is 78.7 Å². The lowest BCUT2D eigenvalue weighted by Crippen LogP contribution is -2.11. The summed E-state index contributed by atoms with van der Waals surface area (Å²) < 4.78 is 5.37. The molecule has 0 aliphatic carbocycles. The van der Waals surface area contributed by atoms with Crippen LogP contribution < -0.4 is 16.2 Å². The van der Waals surface area contributed by atoms with Crippen LogP contribution >= 0.6 is 0 Å². The quantitative estimate of drug-likeness (QED) is 0.728. The Morgan fingerprint density at radius 2 is 2.23 bits per heavy atom. The van der Waals surface area contributed by atoms with Crippen LogP contribution in [0.1, 0.15) is 18.5 Å². The van der Waals surface area contributed by atoms with Gasteiger partial charge in [0.25, 0.3) is 0 Å². The van der Waals surface area contributed by atoms with Gasteiger partial charge in [-0.25, -0.2) is 0 Å². The van der Waals surface area contributed by atoms with Crippen molar-refractivity contribution in [3.8, 4) is 5.75 Å². The van der Waals surface area contributed by atoms with E-state index in [1.54, 1.807) is 0 Å². The zero-order valence-corrected chi connectivity index (χ0v) is 7.86. The Hall–Kier alpha value is -1.06. The second-order valence-corrected chi connectivity index (χ2v) is 3.00. The van der Waals surface area contributed by atoms with Crippen LogP contribution in [0.2, 0.25) is 0 Å². The molecule has 13 heavy (non-hydrogen) atoms. The van der Waals surface area contributed by atoms with Gasteiger partial charge in [-0.3, -0.25) is 0 Å². The molecule has 3 nitrogen and oxygen atoms in total. The van der Waals surface area contributed by atoms with Crippen LogP contribution in [0, 0.1) is 0 Å². The first kappa shape index (κ1) is 10.0. The zero-order valence-electron chi connectivity index (χ0n) is 7.86. The van der Waals surface area contributed by atoms with E-state index in [9.17, 15) is 0 Å². The highest BCUT2D eigenvalue weighted by Crippen LogP contribution is 2.17. The van der Waals surface area contributed by atoms with Crippen molar-refractivity contribution in [2.45, 2.75) is 13.0 Å². The second kappa shape index (κ2) is 4.84. The minimum atomic E-state index is 0.0430. The third-order valence-electron chi connectivity index (χ3n) is 1.77. The van der Waals surface area contributed by atoms with Gasteiger partial charge in [0.15, 0.2) is 0 Å². The summed E-state index contributed by atoms with van der Waals surface area (Å²) in [7, 11) is 0. The molecule has 72 valence electrons. The fourth-order valence-electron chi connectivity index (χ4n) is 1.06. The summed E-state index contributed by atoms with van der Waals surface area (Å²) in [5, 5.41) is 0. The predicted molar refractivity (Wildman–Crippen MR) is 53.6 cm³/mol. The molecule has 3 heteroatoms. The van der Waals surface area contributed by atoms with Crippen molar-refractivity contribution >= 4 is 0 Å². The lowest BCUT2D eigenvalue weighted by Gasteiger charge is -2.08. The van der Waals surface area contributed by atoms with Gasteiger partial charge in [0.2, 0.25) is 0 Å². The van der Waals surface area contributed by atoms with Crippen molar-refractivity contribution in [2.75, 3.05) is 13.2 Å². The fraction of sp³-hybridized carbons (Fsp3) is 0.400. The van der Waals surface area contributed by atoms with Crippen LogP contribution in [0.3, 0.4) is 0 Å². The molecule has 0 aliphatic heterocycles. The third-order valence-corrected chi connectivity index (χ3v) is 1.77. The van der Waals surface area contributed by atoms with E-state index < -0.39 is 0 Å². The maximum Gasteiger partial charge on any atom is 0.119 e. The monoisotopic (exact) mass is 180 g/mol. The minimum absolute atomic E-state index is 0.0430. The molecule has 1 rings (SSSR count). The van der Waals surface area contributed by atoms with E-state index in [2.05, 4.69) is 0 Å². The summed E-state index contributed by atoms with van der Waals surface area (Å²) in [6, 6.07) is 7.81. The molecular formula is C10H16N2O. The Balaban J connectivity index is 2.68. The molecule has 1 atom stereocenters. The largest absolute Gasteiger partial charge is 0.492 e. The van der Waals surface area contributed by atoms with Crippen LogP contribution in [-0.2, 0) is 0 Å². The molecule has 0 heterocycles. The van der Waals surface area contributed by atoms with Crippen molar-refractivity contribution in [3.63, 3.8) is 0 Å². The van der Waals surface area contributed by atoms with Gasteiger partial charge in [0, 0.05) is 12.6 Å². The van der Waals surface area contributed by atoms with Crippen molar-refractivity contribution in [1.29, 1.82) is 0 Å². The molecule has 0 bridgehead atoms. The SMILES string of the molecule is CC(N)c1cccc(OCCN)c1. The standard InChI is InChI=1S/C10H16N2O/c1-8(12)9-3-2-4-10(7-9)13-6-5-11/h2-4,7-8H,5-6,11-12H2,1H3. The summed E-state index contributed by atoms with van der Waals surface area (Å²) in [5.74, 6) is 0.834. The first-order valence-corrected chi connectivity index (χ1v) is 4.42. The van der Waals surface area contributed by atoms with E-state index in [0.717, 1.165) is 11.3 Å². The highest BCUT2D eigenvalue weighted by molar-refractivity contribution is 5.30. The van der Waals surface area contributed by atoms with E-state index in [1.807, 2.05) is 31.2 Å². The van der Waals surface area contributed by atoms with Gasteiger partial charge in [0.1, 0.15) is 12.4 Å². The third kappa shape index (κ3) is 3.05. The first-order chi connectivity index (χ1) is 6.24. The Morgan fingerprint density at radius 1 is 1.46 bits per heavy atom. The van der Waals surface area contributed by atoms with Gasteiger partial charge in [0.05, 0.1) is 0 Å². The van der Waals surface area contributed by atoms with Crippen molar-refractivity contribution in [3.05, 3.63) is 29.8 Å². The average Bonchev–Trinajstić information content (AvgIpc) is 2.15. The number of benzene rings is 1. The highest BCUT2D eigenvalue weighted by Gasteiger charge is 2.00. The summed E-state index contributed by atoms with van der Waals surface area (Å²) >= 11 is 0. The number of hydrogen-bond acceptors (Lipinski definition) is 3. The highest BCUT2D eigenvalue weighted by atomic mass is 16.5. The van der Waals surface area contributed by atoms with E-state index in [-0.39, 0.29) is 6.04 Å². The molecular weight excluding hydrogens is 164 g/mol. The maximum absolute atomic E-state index is 5.73. The summed E-state index contributed by atoms with van der Waals surface area (Å²) in [5.41, 5.74) is 12.1. The summed E-state index contributed by atoms with van der Waals surface area (Å²) in [6.07, 6.45) is 0. The van der Waals surface area contributed by atoms with Crippen LogP contribution in [-0.4, -0.2) is 13.2 Å². The van der Waals surface area contributed by atoms with Crippen LogP contribution in [0.4, 0.5) is 0 Å². The van der Waals surface area contributed by atoms with Crippen LogP contribution in [0.25, 0.3) is 0 Å². The van der Waals surface area contributed by atoms with E-state index in [4.69, 9.17) is 16.2 Å². The summed E-state index contributed by atoms with van der Waals surface area (Å²) in [4.78, 5) is 0. The second-order valence-electron chi connectivity index (χ2n) is 3.00. The van der Waals surface area contributed by atoms with Crippen molar-refractivity contribution in [1.82, 2.24) is 0 Å². The maximum atomic E-state index is 5.73. The van der Waals surface area contributed by atoms with Gasteiger partial charge < -0.3 is 16.2 Å². The number of nitrogens with two attached hydrogens (primary N) is 2. The molecule has 0 saturated carbocycles. The Bertz CT molecular complexity index is 261. The smallest absolute Gasteiger partial charge is 0.119 e. The molecule has 0 aromatic heterocycles. The van der Waals surface area contributed by atoms with Gasteiger partial charge in [-0.2, -0.15) is 0 Å². The van der Waals surface area contributed by atoms with Gasteiger partial charge in [-0.05, 0) is 24.6 Å². The average molecular weight is 180 g/mol. The summed E-state index contributed by atoms with van der Waals surface area (Å²) in [6.45, 7) is 3.02. The lowest BCUT2D eigenvalue weighted by atomic mass is 10.1. The normalized spacial score (nSPS) is 12.5. The Morgan fingerprint density at radius 3 is 2.85 bits per heavy atom. The van der Waals surface area contributed by atoms with Gasteiger partial charge >= 0.3 is 0 Å². The molecule has 0 fully saturated rings.